The van der Waals surface area contributed by atoms with Crippen LogP contribution in [-0.2, 0) is 17.7 Å². The summed E-state index contributed by atoms with van der Waals surface area (Å²) in [6.07, 6.45) is -0.419. The van der Waals surface area contributed by atoms with Gasteiger partial charge in [0.05, 0.1) is 6.04 Å². The Morgan fingerprint density at radius 1 is 1.11 bits per heavy atom. The van der Waals surface area contributed by atoms with Gasteiger partial charge in [-0.1, -0.05) is 24.3 Å². The van der Waals surface area contributed by atoms with Gasteiger partial charge < -0.3 is 14.7 Å². The van der Waals surface area contributed by atoms with Crippen LogP contribution in [0.15, 0.2) is 24.3 Å². The molecule has 0 bridgehead atoms. The molecule has 0 aromatic heterocycles. The first-order chi connectivity index (χ1) is 12.7. The van der Waals surface area contributed by atoms with Crippen LogP contribution in [0.4, 0.5) is 9.59 Å². The molecule has 1 atom stereocenters. The van der Waals surface area contributed by atoms with Gasteiger partial charge in [-0.15, -0.1) is 0 Å². The van der Waals surface area contributed by atoms with E-state index in [0.717, 1.165) is 25.1 Å². The van der Waals surface area contributed by atoms with Crippen molar-refractivity contribution in [3.05, 3.63) is 35.4 Å². The number of nitrogens with zero attached hydrogens (tertiary/aromatic N) is 3. The van der Waals surface area contributed by atoms with Crippen molar-refractivity contribution in [1.29, 1.82) is 0 Å². The van der Waals surface area contributed by atoms with Crippen molar-refractivity contribution in [3.8, 4) is 0 Å². The predicted molar refractivity (Wildman–Crippen MR) is 102 cm³/mol. The number of piperazine rings is 1. The highest BCUT2D eigenvalue weighted by Gasteiger charge is 2.32. The Bertz CT molecular complexity index is 693. The average Bonchev–Trinajstić information content (AvgIpc) is 2.60. The standard InChI is InChI=1S/C20H29N3O4/c1-20(2,3)27-19(26)22-10-8-21(9-11-22)14-17-12-15-6-4-5-7-16(15)13-23(17)18(24)25/h4-7,17H,8-14H2,1-3H3,(H,24,25)/t17-/m0/s1. The third kappa shape index (κ3) is 4.91. The number of amides is 2. The molecule has 2 heterocycles. The van der Waals surface area contributed by atoms with E-state index in [2.05, 4.69) is 11.0 Å². The van der Waals surface area contributed by atoms with Crippen LogP contribution >= 0.6 is 0 Å². The first-order valence-electron chi connectivity index (χ1n) is 9.49. The number of fused-ring (bicyclic) bond motifs is 1. The van der Waals surface area contributed by atoms with Crippen LogP contribution in [-0.4, -0.2) is 76.4 Å². The second kappa shape index (κ2) is 7.76. The lowest BCUT2D eigenvalue weighted by Gasteiger charge is -2.41. The fraction of sp³-hybridized carbons (Fsp3) is 0.600. The van der Waals surface area contributed by atoms with Gasteiger partial charge in [0.2, 0.25) is 0 Å². The van der Waals surface area contributed by atoms with Gasteiger partial charge in [-0.3, -0.25) is 9.80 Å². The molecule has 1 N–H and O–H groups in total. The van der Waals surface area contributed by atoms with Crippen LogP contribution in [0.5, 0.6) is 0 Å². The molecule has 1 saturated heterocycles. The minimum absolute atomic E-state index is 0.0644. The molecular weight excluding hydrogens is 346 g/mol. The maximum atomic E-state index is 12.2. The van der Waals surface area contributed by atoms with Crippen molar-refractivity contribution >= 4 is 12.2 Å². The minimum atomic E-state index is -0.873. The fourth-order valence-corrected chi connectivity index (χ4v) is 3.71. The van der Waals surface area contributed by atoms with Crippen molar-refractivity contribution in [2.24, 2.45) is 0 Å². The maximum Gasteiger partial charge on any atom is 0.410 e. The molecule has 27 heavy (non-hydrogen) atoms. The maximum absolute atomic E-state index is 12.2. The van der Waals surface area contributed by atoms with Crippen LogP contribution in [0.3, 0.4) is 0 Å². The van der Waals surface area contributed by atoms with E-state index in [0.29, 0.717) is 26.2 Å². The summed E-state index contributed by atoms with van der Waals surface area (Å²) in [4.78, 5) is 29.4. The van der Waals surface area contributed by atoms with E-state index >= 15 is 0 Å². The van der Waals surface area contributed by atoms with Crippen LogP contribution in [0.25, 0.3) is 0 Å². The topological polar surface area (TPSA) is 73.3 Å². The molecular formula is C20H29N3O4. The number of carboxylic acid groups (broad SMARTS) is 1. The van der Waals surface area contributed by atoms with E-state index in [1.165, 1.54) is 5.56 Å². The summed E-state index contributed by atoms with van der Waals surface area (Å²) in [6, 6.07) is 7.98. The van der Waals surface area contributed by atoms with Gasteiger partial charge in [-0.05, 0) is 38.3 Å². The molecule has 2 aliphatic heterocycles. The smallest absolute Gasteiger partial charge is 0.410 e. The average molecular weight is 375 g/mol. The molecule has 1 aromatic carbocycles. The molecule has 148 valence electrons. The largest absolute Gasteiger partial charge is 0.465 e. The molecule has 0 spiro atoms. The van der Waals surface area contributed by atoms with Gasteiger partial charge >= 0.3 is 12.2 Å². The number of hydrogen-bond acceptors (Lipinski definition) is 4. The fourth-order valence-electron chi connectivity index (χ4n) is 3.71. The van der Waals surface area contributed by atoms with E-state index in [1.807, 2.05) is 39.0 Å². The monoisotopic (exact) mass is 375 g/mol. The summed E-state index contributed by atoms with van der Waals surface area (Å²) in [5, 5.41) is 9.62. The van der Waals surface area contributed by atoms with Crippen LogP contribution in [0.2, 0.25) is 0 Å². The summed E-state index contributed by atoms with van der Waals surface area (Å²) in [6.45, 7) is 9.37. The molecule has 1 fully saturated rings. The summed E-state index contributed by atoms with van der Waals surface area (Å²) in [5.74, 6) is 0. The molecule has 0 aliphatic carbocycles. The van der Waals surface area contributed by atoms with Gasteiger partial charge in [0, 0.05) is 39.3 Å². The van der Waals surface area contributed by atoms with Gasteiger partial charge in [-0.2, -0.15) is 0 Å². The second-order valence-corrected chi connectivity index (χ2v) is 8.31. The quantitative estimate of drug-likeness (QED) is 0.860. The zero-order valence-electron chi connectivity index (χ0n) is 16.4. The van der Waals surface area contributed by atoms with Gasteiger partial charge in [0.25, 0.3) is 0 Å². The van der Waals surface area contributed by atoms with E-state index in [4.69, 9.17) is 4.74 Å². The summed E-state index contributed by atoms with van der Waals surface area (Å²) >= 11 is 0. The van der Waals surface area contributed by atoms with E-state index in [1.54, 1.807) is 9.80 Å². The zero-order chi connectivity index (χ0) is 19.6. The van der Waals surface area contributed by atoms with Gasteiger partial charge in [0.15, 0.2) is 0 Å². The highest BCUT2D eigenvalue weighted by Crippen LogP contribution is 2.24. The van der Waals surface area contributed by atoms with Crippen molar-refractivity contribution in [3.63, 3.8) is 0 Å². The van der Waals surface area contributed by atoms with Crippen molar-refractivity contribution in [1.82, 2.24) is 14.7 Å². The molecule has 3 rings (SSSR count). The number of carbonyl (C=O) groups excluding carboxylic acids is 1. The van der Waals surface area contributed by atoms with Crippen molar-refractivity contribution < 1.29 is 19.4 Å². The lowest BCUT2D eigenvalue weighted by molar-refractivity contribution is 0.0118. The van der Waals surface area contributed by atoms with Gasteiger partial charge in [-0.25, -0.2) is 9.59 Å². The lowest BCUT2D eigenvalue weighted by Crippen LogP contribution is -2.55. The Hall–Kier alpha value is -2.28. The summed E-state index contributed by atoms with van der Waals surface area (Å²) in [5.41, 5.74) is 1.82. The SMILES string of the molecule is CC(C)(C)OC(=O)N1CCN(C[C@@H]2Cc3ccccc3CN2C(=O)O)CC1. The molecule has 1 aromatic rings. The van der Waals surface area contributed by atoms with E-state index in [-0.39, 0.29) is 12.1 Å². The van der Waals surface area contributed by atoms with E-state index < -0.39 is 11.7 Å². The van der Waals surface area contributed by atoms with E-state index in [9.17, 15) is 14.7 Å². The first-order valence-corrected chi connectivity index (χ1v) is 9.49. The highest BCUT2D eigenvalue weighted by atomic mass is 16.6. The Labute approximate surface area is 160 Å². The molecule has 7 heteroatoms. The van der Waals surface area contributed by atoms with Crippen LogP contribution in [0.1, 0.15) is 31.9 Å². The number of benzene rings is 1. The zero-order valence-corrected chi connectivity index (χ0v) is 16.4. The predicted octanol–water partition coefficient (Wildman–Crippen LogP) is 2.64. The Morgan fingerprint density at radius 3 is 2.33 bits per heavy atom. The molecule has 0 saturated carbocycles. The third-order valence-electron chi connectivity index (χ3n) is 5.09. The Balaban J connectivity index is 1.58. The second-order valence-electron chi connectivity index (χ2n) is 8.31. The van der Waals surface area contributed by atoms with Crippen molar-refractivity contribution in [2.75, 3.05) is 32.7 Å². The van der Waals surface area contributed by atoms with Gasteiger partial charge in [0.1, 0.15) is 5.60 Å². The minimum Gasteiger partial charge on any atom is -0.465 e. The first kappa shape index (κ1) is 19.5. The van der Waals surface area contributed by atoms with Crippen LogP contribution < -0.4 is 0 Å². The highest BCUT2D eigenvalue weighted by molar-refractivity contribution is 5.68. The molecule has 2 aliphatic rings. The third-order valence-corrected chi connectivity index (χ3v) is 5.09. The number of hydrogen-bond donors (Lipinski definition) is 1. The van der Waals surface area contributed by atoms with Crippen LogP contribution in [0, 0.1) is 0 Å². The molecule has 0 unspecified atom stereocenters. The lowest BCUT2D eigenvalue weighted by atomic mass is 9.94. The summed E-state index contributed by atoms with van der Waals surface area (Å²) in [7, 11) is 0. The number of rotatable bonds is 2. The Kier molecular flexibility index (Phi) is 5.60. The Morgan fingerprint density at radius 2 is 1.74 bits per heavy atom. The summed E-state index contributed by atoms with van der Waals surface area (Å²) < 4.78 is 5.43. The number of carbonyl (C=O) groups is 2. The number of ether oxygens (including phenoxy) is 1. The normalized spacial score (nSPS) is 20.9. The molecule has 2 amide bonds. The molecule has 0 radical (unpaired) electrons. The molecule has 7 nitrogen and oxygen atoms in total. The van der Waals surface area contributed by atoms with Crippen molar-refractivity contribution in [2.45, 2.75) is 45.4 Å².